The molecule has 11 rings (SSSR count). The molecule has 4 heterocycles. The van der Waals surface area contributed by atoms with E-state index in [9.17, 15) is 0 Å². The minimum absolute atomic E-state index is 0.487. The maximum absolute atomic E-state index is 5.27. The van der Waals surface area contributed by atoms with E-state index in [0.717, 1.165) is 55.5 Å². The van der Waals surface area contributed by atoms with E-state index < -0.39 is 0 Å². The minimum Gasteiger partial charge on any atom is -0.316 e. The minimum atomic E-state index is 0.487. The highest BCUT2D eigenvalue weighted by Gasteiger charge is 2.20. The third kappa shape index (κ3) is 5.25. The third-order valence-corrected chi connectivity index (χ3v) is 10.4. The van der Waals surface area contributed by atoms with Gasteiger partial charge in [-0.05, 0) is 48.5 Å². The van der Waals surface area contributed by atoms with Crippen LogP contribution in [0.2, 0.25) is 0 Å². The molecule has 0 aliphatic heterocycles. The first kappa shape index (κ1) is 31.7. The fraction of sp³-hybridized carbons (Fsp3) is 0. The van der Waals surface area contributed by atoms with Crippen LogP contribution in [0.1, 0.15) is 0 Å². The maximum Gasteiger partial charge on any atom is 0.183 e. The summed E-state index contributed by atoms with van der Waals surface area (Å²) in [6.07, 6.45) is 2.16. The molecule has 0 amide bonds. The summed E-state index contributed by atoms with van der Waals surface area (Å²) in [6, 6.07) is 62.4. The SMILES string of the molecule is c1ccc(-c2nc(-c3ccccc3)nc(-c3nc(-c4cccc(-n5c6ccccc6c6ccc7c(ccn7-c7ccccc7)c65)c4)nc4ccccc34)n2)cc1. The first-order valence-corrected chi connectivity index (χ1v) is 18.6. The lowest BCUT2D eigenvalue weighted by molar-refractivity contribution is 1.06. The van der Waals surface area contributed by atoms with Gasteiger partial charge in [0.05, 0.1) is 22.1 Å². The lowest BCUT2D eigenvalue weighted by Crippen LogP contribution is -2.03. The van der Waals surface area contributed by atoms with Crippen molar-refractivity contribution in [2.24, 2.45) is 0 Å². The Hall–Kier alpha value is -7.77. The van der Waals surface area contributed by atoms with Crippen molar-refractivity contribution in [1.82, 2.24) is 34.1 Å². The molecule has 262 valence electrons. The number of hydrogen-bond donors (Lipinski definition) is 0. The van der Waals surface area contributed by atoms with E-state index in [-0.39, 0.29) is 0 Å². The Morgan fingerprint density at radius 2 is 0.929 bits per heavy atom. The molecule has 0 fully saturated rings. The molecule has 0 atom stereocenters. The maximum atomic E-state index is 5.27. The number of fused-ring (bicyclic) bond motifs is 6. The van der Waals surface area contributed by atoms with E-state index in [0.29, 0.717) is 29.0 Å². The molecule has 0 saturated heterocycles. The topological polar surface area (TPSA) is 74.3 Å². The predicted octanol–water partition coefficient (Wildman–Crippen LogP) is 11.5. The molecule has 7 aromatic carbocycles. The fourth-order valence-corrected chi connectivity index (χ4v) is 7.83. The molecule has 0 saturated carbocycles. The molecule has 0 bridgehead atoms. The summed E-state index contributed by atoms with van der Waals surface area (Å²) in [5.41, 5.74) is 9.72. The molecule has 0 unspecified atom stereocenters. The molecule has 0 aliphatic rings. The van der Waals surface area contributed by atoms with Crippen molar-refractivity contribution in [3.05, 3.63) is 188 Å². The molecule has 0 N–H and O–H groups in total. The number of hydrogen-bond acceptors (Lipinski definition) is 5. The van der Waals surface area contributed by atoms with Gasteiger partial charge in [0.15, 0.2) is 23.3 Å². The summed E-state index contributed by atoms with van der Waals surface area (Å²) in [7, 11) is 0. The van der Waals surface area contributed by atoms with Gasteiger partial charge in [-0.1, -0.05) is 133 Å². The largest absolute Gasteiger partial charge is 0.316 e. The summed E-state index contributed by atoms with van der Waals surface area (Å²) >= 11 is 0. The smallest absolute Gasteiger partial charge is 0.183 e. The number of para-hydroxylation sites is 3. The van der Waals surface area contributed by atoms with Gasteiger partial charge in [0, 0.05) is 55.8 Å². The average Bonchev–Trinajstić information content (AvgIpc) is 3.87. The van der Waals surface area contributed by atoms with E-state index in [4.69, 9.17) is 24.9 Å². The Labute approximate surface area is 321 Å². The number of rotatable bonds is 6. The number of benzene rings is 7. The Kier molecular flexibility index (Phi) is 7.35. The van der Waals surface area contributed by atoms with Crippen molar-refractivity contribution in [2.75, 3.05) is 0 Å². The number of aromatic nitrogens is 7. The molecule has 56 heavy (non-hydrogen) atoms. The van der Waals surface area contributed by atoms with Gasteiger partial charge >= 0.3 is 0 Å². The number of nitrogens with zero attached hydrogens (tertiary/aromatic N) is 7. The second kappa shape index (κ2) is 13.0. The van der Waals surface area contributed by atoms with Crippen LogP contribution in [0.15, 0.2) is 188 Å². The monoisotopic (exact) mass is 717 g/mol. The van der Waals surface area contributed by atoms with Crippen molar-refractivity contribution in [3.63, 3.8) is 0 Å². The van der Waals surface area contributed by atoms with Crippen LogP contribution in [0, 0.1) is 0 Å². The Balaban J connectivity index is 1.12. The molecule has 11 aromatic rings. The van der Waals surface area contributed by atoms with E-state index in [1.54, 1.807) is 0 Å². The zero-order valence-electron chi connectivity index (χ0n) is 30.0. The fourth-order valence-electron chi connectivity index (χ4n) is 7.83. The highest BCUT2D eigenvalue weighted by Crippen LogP contribution is 2.38. The van der Waals surface area contributed by atoms with Crippen LogP contribution >= 0.6 is 0 Å². The lowest BCUT2D eigenvalue weighted by atomic mass is 10.1. The molecule has 7 nitrogen and oxygen atoms in total. The molecule has 0 radical (unpaired) electrons. The second-order valence-electron chi connectivity index (χ2n) is 13.8. The normalized spacial score (nSPS) is 11.6. The van der Waals surface area contributed by atoms with E-state index in [1.165, 1.54) is 16.2 Å². The van der Waals surface area contributed by atoms with Gasteiger partial charge in [0.2, 0.25) is 0 Å². The van der Waals surface area contributed by atoms with E-state index in [1.807, 2.05) is 84.9 Å². The van der Waals surface area contributed by atoms with Gasteiger partial charge in [-0.3, -0.25) is 0 Å². The first-order chi connectivity index (χ1) is 27.8. The van der Waals surface area contributed by atoms with Crippen LogP contribution in [-0.2, 0) is 0 Å². The van der Waals surface area contributed by atoms with Crippen molar-refractivity contribution in [1.29, 1.82) is 0 Å². The van der Waals surface area contributed by atoms with Crippen LogP contribution in [0.3, 0.4) is 0 Å². The van der Waals surface area contributed by atoms with Crippen LogP contribution < -0.4 is 0 Å². The van der Waals surface area contributed by atoms with Gasteiger partial charge in [-0.25, -0.2) is 24.9 Å². The van der Waals surface area contributed by atoms with Gasteiger partial charge in [-0.15, -0.1) is 0 Å². The van der Waals surface area contributed by atoms with E-state index in [2.05, 4.69) is 112 Å². The van der Waals surface area contributed by atoms with E-state index >= 15 is 0 Å². The van der Waals surface area contributed by atoms with Gasteiger partial charge in [0.25, 0.3) is 0 Å². The Morgan fingerprint density at radius 3 is 1.68 bits per heavy atom. The van der Waals surface area contributed by atoms with Gasteiger partial charge in [0.1, 0.15) is 5.69 Å². The van der Waals surface area contributed by atoms with Crippen molar-refractivity contribution >= 4 is 43.6 Å². The Morgan fingerprint density at radius 1 is 0.339 bits per heavy atom. The standard InChI is InChI=1S/C49H31N7/c1-4-15-32(16-5-1)46-52-47(33-17-6-2-7-18-33)54-49(53-46)44-39-24-10-12-25-41(39)50-48(51-44)34-19-14-22-36(31-34)56-43-26-13-11-23-37(43)38-27-28-42-40(45(38)56)29-30-55(42)35-20-8-3-9-21-35/h1-31H. The Bertz CT molecular complexity index is 3180. The van der Waals surface area contributed by atoms with Crippen LogP contribution in [0.25, 0.3) is 101 Å². The summed E-state index contributed by atoms with van der Waals surface area (Å²) in [4.78, 5) is 25.4. The van der Waals surface area contributed by atoms with Gasteiger partial charge < -0.3 is 9.13 Å². The van der Waals surface area contributed by atoms with Crippen LogP contribution in [-0.4, -0.2) is 34.1 Å². The van der Waals surface area contributed by atoms with Crippen LogP contribution in [0.5, 0.6) is 0 Å². The van der Waals surface area contributed by atoms with Gasteiger partial charge in [-0.2, -0.15) is 0 Å². The summed E-state index contributed by atoms with van der Waals surface area (Å²) in [5.74, 6) is 2.24. The summed E-state index contributed by atoms with van der Waals surface area (Å²) < 4.78 is 4.63. The third-order valence-electron chi connectivity index (χ3n) is 10.4. The highest BCUT2D eigenvalue weighted by atomic mass is 15.1. The highest BCUT2D eigenvalue weighted by molar-refractivity contribution is 6.18. The first-order valence-electron chi connectivity index (χ1n) is 18.6. The molecule has 0 spiro atoms. The van der Waals surface area contributed by atoms with Crippen LogP contribution in [0.4, 0.5) is 0 Å². The van der Waals surface area contributed by atoms with Crippen molar-refractivity contribution in [2.45, 2.75) is 0 Å². The molecule has 7 heteroatoms. The lowest BCUT2D eigenvalue weighted by Gasteiger charge is -2.13. The predicted molar refractivity (Wildman–Crippen MR) is 226 cm³/mol. The van der Waals surface area contributed by atoms with Crippen molar-refractivity contribution in [3.8, 4) is 57.1 Å². The van der Waals surface area contributed by atoms with Crippen molar-refractivity contribution < 1.29 is 0 Å². The molecular weight excluding hydrogens is 687 g/mol. The second-order valence-corrected chi connectivity index (χ2v) is 13.8. The average molecular weight is 718 g/mol. The zero-order valence-corrected chi connectivity index (χ0v) is 30.0. The molecule has 4 aromatic heterocycles. The zero-order chi connectivity index (χ0) is 37.0. The summed E-state index contributed by atoms with van der Waals surface area (Å²) in [6.45, 7) is 0. The molecule has 0 aliphatic carbocycles. The molecular formula is C49H31N7. The quantitative estimate of drug-likeness (QED) is 0.171. The summed E-state index contributed by atoms with van der Waals surface area (Å²) in [5, 5.41) is 4.44.